The Morgan fingerprint density at radius 1 is 1.24 bits per heavy atom. The predicted molar refractivity (Wildman–Crippen MR) is 101 cm³/mol. The van der Waals surface area contributed by atoms with E-state index < -0.39 is 0 Å². The lowest BCUT2D eigenvalue weighted by molar-refractivity contribution is 0.309. The van der Waals surface area contributed by atoms with Crippen molar-refractivity contribution in [2.45, 2.75) is 38.6 Å². The second-order valence-corrected chi connectivity index (χ2v) is 7.38. The maximum Gasteiger partial charge on any atom is 0.193 e. The third kappa shape index (κ3) is 3.28. The minimum absolute atomic E-state index is 0.562. The van der Waals surface area contributed by atoms with Gasteiger partial charge >= 0.3 is 0 Å². The van der Waals surface area contributed by atoms with Crippen LogP contribution in [0.4, 0.5) is 0 Å². The van der Waals surface area contributed by atoms with E-state index in [9.17, 15) is 0 Å². The van der Waals surface area contributed by atoms with Gasteiger partial charge in [-0.2, -0.15) is 0 Å². The smallest absolute Gasteiger partial charge is 0.193 e. The topological polar surface area (TPSA) is 45.5 Å². The van der Waals surface area contributed by atoms with Crippen molar-refractivity contribution in [2.75, 3.05) is 20.1 Å². The molecule has 2 fully saturated rings. The van der Waals surface area contributed by atoms with E-state index in [1.54, 1.807) is 0 Å². The molecular formula is C20H27N5. The fourth-order valence-electron chi connectivity index (χ4n) is 4.47. The fourth-order valence-corrected chi connectivity index (χ4v) is 4.47. The van der Waals surface area contributed by atoms with Gasteiger partial charge in [0.05, 0.1) is 12.0 Å². The Labute approximate surface area is 149 Å². The third-order valence-electron chi connectivity index (χ3n) is 5.83. The first kappa shape index (κ1) is 16.2. The lowest BCUT2D eigenvalue weighted by atomic mass is 9.86. The van der Waals surface area contributed by atoms with Gasteiger partial charge < -0.3 is 14.8 Å². The maximum atomic E-state index is 4.54. The van der Waals surface area contributed by atoms with Gasteiger partial charge in [-0.15, -0.1) is 0 Å². The van der Waals surface area contributed by atoms with E-state index in [2.05, 4.69) is 49.0 Å². The number of imidazole rings is 1. The van der Waals surface area contributed by atoms with Gasteiger partial charge in [0.25, 0.3) is 0 Å². The average Bonchev–Trinajstić information content (AvgIpc) is 3.40. The molecule has 1 aliphatic heterocycles. The highest BCUT2D eigenvalue weighted by atomic mass is 15.3. The van der Waals surface area contributed by atoms with Gasteiger partial charge in [0.15, 0.2) is 5.96 Å². The van der Waals surface area contributed by atoms with E-state index in [1.165, 1.54) is 37.7 Å². The Morgan fingerprint density at radius 3 is 2.84 bits per heavy atom. The summed E-state index contributed by atoms with van der Waals surface area (Å²) in [6.07, 6.45) is 12.5. The highest BCUT2D eigenvalue weighted by molar-refractivity contribution is 5.80. The number of hydrogen-bond acceptors (Lipinski definition) is 2. The molecule has 1 aromatic carbocycles. The van der Waals surface area contributed by atoms with Crippen LogP contribution in [0.2, 0.25) is 0 Å². The van der Waals surface area contributed by atoms with Gasteiger partial charge in [0.2, 0.25) is 0 Å². The molecule has 0 bridgehead atoms. The first-order chi connectivity index (χ1) is 12.3. The summed E-state index contributed by atoms with van der Waals surface area (Å²) >= 11 is 0. The van der Waals surface area contributed by atoms with Gasteiger partial charge in [-0.3, -0.25) is 4.99 Å². The molecule has 1 saturated carbocycles. The number of para-hydroxylation sites is 1. The molecule has 0 amide bonds. The summed E-state index contributed by atoms with van der Waals surface area (Å²) in [6.45, 7) is 3.06. The Morgan fingerprint density at radius 2 is 2.08 bits per heavy atom. The van der Waals surface area contributed by atoms with Crippen molar-refractivity contribution in [3.63, 3.8) is 0 Å². The van der Waals surface area contributed by atoms with Crippen LogP contribution in [0, 0.1) is 5.41 Å². The number of nitrogens with one attached hydrogen (secondary N) is 1. The average molecular weight is 337 g/mol. The van der Waals surface area contributed by atoms with Crippen molar-refractivity contribution in [1.82, 2.24) is 19.8 Å². The van der Waals surface area contributed by atoms with Crippen LogP contribution in [0.15, 0.2) is 48.0 Å². The first-order valence-corrected chi connectivity index (χ1v) is 9.32. The number of benzene rings is 1. The van der Waals surface area contributed by atoms with Gasteiger partial charge in [0, 0.05) is 39.1 Å². The van der Waals surface area contributed by atoms with E-state index >= 15 is 0 Å². The highest BCUT2D eigenvalue weighted by Crippen LogP contribution is 2.45. The zero-order valence-electron chi connectivity index (χ0n) is 15.0. The Bertz CT molecular complexity index is 728. The molecule has 1 saturated heterocycles. The lowest BCUT2D eigenvalue weighted by Gasteiger charge is -2.26. The Hall–Kier alpha value is -2.30. The summed E-state index contributed by atoms with van der Waals surface area (Å²) in [5, 5.41) is 3.58. The number of aliphatic imine (C=N–C) groups is 1. The van der Waals surface area contributed by atoms with E-state index in [0.29, 0.717) is 5.41 Å². The second kappa shape index (κ2) is 6.90. The number of nitrogens with zero attached hydrogens (tertiary/aromatic N) is 4. The van der Waals surface area contributed by atoms with Crippen LogP contribution in [-0.4, -0.2) is 40.5 Å². The van der Waals surface area contributed by atoms with Crippen LogP contribution in [0.3, 0.4) is 0 Å². The molecule has 1 spiro atoms. The summed E-state index contributed by atoms with van der Waals surface area (Å²) in [5.41, 5.74) is 2.97. The van der Waals surface area contributed by atoms with Gasteiger partial charge in [0.1, 0.15) is 0 Å². The second-order valence-electron chi connectivity index (χ2n) is 7.38. The molecule has 2 heterocycles. The van der Waals surface area contributed by atoms with Gasteiger partial charge in [-0.05, 0) is 36.3 Å². The quantitative estimate of drug-likeness (QED) is 0.691. The number of guanidine groups is 1. The number of likely N-dealkylation sites (tertiary alicyclic amines) is 1. The molecule has 5 heteroatoms. The van der Waals surface area contributed by atoms with Crippen molar-refractivity contribution in [3.8, 4) is 5.69 Å². The minimum Gasteiger partial charge on any atom is -0.352 e. The van der Waals surface area contributed by atoms with Gasteiger partial charge in [-0.1, -0.05) is 31.0 Å². The van der Waals surface area contributed by atoms with Crippen LogP contribution >= 0.6 is 0 Å². The van der Waals surface area contributed by atoms with E-state index in [0.717, 1.165) is 31.3 Å². The molecule has 2 aliphatic rings. The molecule has 5 nitrogen and oxygen atoms in total. The van der Waals surface area contributed by atoms with Crippen molar-refractivity contribution in [3.05, 3.63) is 48.5 Å². The fraction of sp³-hybridized carbons (Fsp3) is 0.500. The lowest BCUT2D eigenvalue weighted by Crippen LogP contribution is -2.40. The van der Waals surface area contributed by atoms with Crippen molar-refractivity contribution >= 4 is 5.96 Å². The van der Waals surface area contributed by atoms with Crippen LogP contribution in [0.5, 0.6) is 0 Å². The van der Waals surface area contributed by atoms with Crippen molar-refractivity contribution in [1.29, 1.82) is 0 Å². The van der Waals surface area contributed by atoms with Crippen LogP contribution in [0.1, 0.15) is 37.7 Å². The zero-order valence-corrected chi connectivity index (χ0v) is 15.0. The molecule has 0 radical (unpaired) electrons. The molecule has 0 unspecified atom stereocenters. The molecule has 2 aromatic rings. The summed E-state index contributed by atoms with van der Waals surface area (Å²) in [6, 6.07) is 8.45. The molecular weight excluding hydrogens is 310 g/mol. The molecule has 1 aliphatic carbocycles. The number of aromatic nitrogens is 2. The summed E-state index contributed by atoms with van der Waals surface area (Å²) in [7, 11) is 1.89. The summed E-state index contributed by atoms with van der Waals surface area (Å²) < 4.78 is 2.06. The molecule has 1 N–H and O–H groups in total. The van der Waals surface area contributed by atoms with E-state index in [4.69, 9.17) is 0 Å². The summed E-state index contributed by atoms with van der Waals surface area (Å²) in [5.74, 6) is 1.03. The van der Waals surface area contributed by atoms with Crippen LogP contribution in [0.25, 0.3) is 5.69 Å². The predicted octanol–water partition coefficient (Wildman–Crippen LogP) is 3.21. The normalized spacial score (nSPS) is 19.7. The standard InChI is InChI=1S/C20H27N5/c1-21-19(24-12-10-20(15-24)8-4-5-9-20)23-14-17-6-2-3-7-18(17)25-13-11-22-16-25/h2-3,6-7,11,13,16H,4-5,8-10,12,14-15H2,1H3,(H,21,23). The number of hydrogen-bond donors (Lipinski definition) is 1. The Balaban J connectivity index is 1.44. The van der Waals surface area contributed by atoms with E-state index in [1.807, 2.05) is 25.8 Å². The van der Waals surface area contributed by atoms with Crippen LogP contribution in [-0.2, 0) is 6.54 Å². The molecule has 1 aromatic heterocycles. The van der Waals surface area contributed by atoms with Crippen molar-refractivity contribution in [2.24, 2.45) is 10.4 Å². The van der Waals surface area contributed by atoms with E-state index in [-0.39, 0.29) is 0 Å². The zero-order chi connectivity index (χ0) is 17.1. The molecule has 132 valence electrons. The number of rotatable bonds is 3. The molecule has 0 atom stereocenters. The minimum atomic E-state index is 0.562. The highest BCUT2D eigenvalue weighted by Gasteiger charge is 2.41. The maximum absolute atomic E-state index is 4.54. The first-order valence-electron chi connectivity index (χ1n) is 9.32. The summed E-state index contributed by atoms with van der Waals surface area (Å²) in [4.78, 5) is 11.2. The van der Waals surface area contributed by atoms with Crippen molar-refractivity contribution < 1.29 is 0 Å². The largest absolute Gasteiger partial charge is 0.352 e. The Kier molecular flexibility index (Phi) is 4.47. The molecule has 4 rings (SSSR count). The SMILES string of the molecule is CN=C(NCc1ccccc1-n1ccnc1)N1CCC2(CCCC2)C1. The molecule has 25 heavy (non-hydrogen) atoms. The third-order valence-corrected chi connectivity index (χ3v) is 5.83. The van der Waals surface area contributed by atoms with Crippen LogP contribution < -0.4 is 5.32 Å². The van der Waals surface area contributed by atoms with Gasteiger partial charge in [-0.25, -0.2) is 4.98 Å². The monoisotopic (exact) mass is 337 g/mol.